The van der Waals surface area contributed by atoms with Gasteiger partial charge in [-0.15, -0.1) is 12.4 Å². The van der Waals surface area contributed by atoms with Crippen LogP contribution in [0.25, 0.3) is 10.4 Å². The van der Waals surface area contributed by atoms with Crippen molar-refractivity contribution >= 4 is 12.4 Å². The van der Waals surface area contributed by atoms with E-state index in [-0.39, 0.29) is 30.1 Å². The van der Waals surface area contributed by atoms with Gasteiger partial charge in [-0.25, -0.2) is 0 Å². The second-order valence-electron chi connectivity index (χ2n) is 6.29. The number of nitrogens with one attached hydrogen (secondary N) is 1. The van der Waals surface area contributed by atoms with Crippen molar-refractivity contribution in [3.05, 3.63) is 34.2 Å². The third-order valence-corrected chi connectivity index (χ3v) is 4.41. The summed E-state index contributed by atoms with van der Waals surface area (Å²) in [5.41, 5.74) is 9.41. The standard InChI is InChI=1S/C16H20F2N4O2.ClH/c17-16(18)24-14-4-3-11(6-15(14)23-9-10-1-2-10)12-5-13(20-7-12)8-21-22-19;/h3-4,6,10,12-13,16,20H,1-2,5,7-9H2;1H/t12-,13-;/m0./s1. The van der Waals surface area contributed by atoms with Gasteiger partial charge in [0.2, 0.25) is 0 Å². The summed E-state index contributed by atoms with van der Waals surface area (Å²) in [4.78, 5) is 2.77. The Kier molecular flexibility index (Phi) is 7.11. The van der Waals surface area contributed by atoms with Crippen molar-refractivity contribution in [2.24, 2.45) is 11.0 Å². The van der Waals surface area contributed by atoms with Gasteiger partial charge in [0.25, 0.3) is 0 Å². The third-order valence-electron chi connectivity index (χ3n) is 4.41. The van der Waals surface area contributed by atoms with Crippen LogP contribution in [-0.4, -0.2) is 32.3 Å². The molecule has 0 unspecified atom stereocenters. The summed E-state index contributed by atoms with van der Waals surface area (Å²) in [6, 6.07) is 5.27. The smallest absolute Gasteiger partial charge is 0.387 e. The topological polar surface area (TPSA) is 79.3 Å². The average molecular weight is 375 g/mol. The van der Waals surface area contributed by atoms with Gasteiger partial charge in [-0.05, 0) is 54.3 Å². The number of hydrogen-bond acceptors (Lipinski definition) is 4. The molecule has 1 aromatic carbocycles. The zero-order valence-corrected chi connectivity index (χ0v) is 14.4. The van der Waals surface area contributed by atoms with Gasteiger partial charge in [0.1, 0.15) is 0 Å². The fraction of sp³-hybridized carbons (Fsp3) is 0.625. The summed E-state index contributed by atoms with van der Waals surface area (Å²) < 4.78 is 35.4. The zero-order valence-electron chi connectivity index (χ0n) is 13.6. The lowest BCUT2D eigenvalue weighted by atomic mass is 9.96. The Morgan fingerprint density at radius 3 is 2.80 bits per heavy atom. The van der Waals surface area contributed by atoms with E-state index < -0.39 is 6.61 Å². The van der Waals surface area contributed by atoms with Crippen molar-refractivity contribution < 1.29 is 18.3 Å². The molecule has 0 bridgehead atoms. The van der Waals surface area contributed by atoms with E-state index in [2.05, 4.69) is 20.1 Å². The Bertz CT molecular complexity index is 624. The number of nitrogens with zero attached hydrogens (tertiary/aromatic N) is 3. The SMILES string of the molecule is Cl.[N-]=[N+]=NC[C@@H]1C[C@H](c2ccc(OC(F)F)c(OCC3CC3)c2)CN1. The molecule has 25 heavy (non-hydrogen) atoms. The Hall–Kier alpha value is -1.76. The lowest BCUT2D eigenvalue weighted by Gasteiger charge is -2.16. The number of benzene rings is 1. The minimum Gasteiger partial charge on any atom is -0.489 e. The minimum absolute atomic E-state index is 0. The lowest BCUT2D eigenvalue weighted by Crippen LogP contribution is -2.23. The second-order valence-corrected chi connectivity index (χ2v) is 6.29. The van der Waals surface area contributed by atoms with E-state index in [9.17, 15) is 8.78 Å². The van der Waals surface area contributed by atoms with Crippen LogP contribution < -0.4 is 14.8 Å². The Morgan fingerprint density at radius 2 is 2.12 bits per heavy atom. The fourth-order valence-electron chi connectivity index (χ4n) is 2.92. The Morgan fingerprint density at radius 1 is 1.32 bits per heavy atom. The summed E-state index contributed by atoms with van der Waals surface area (Å²) in [5.74, 6) is 1.20. The van der Waals surface area contributed by atoms with Gasteiger partial charge in [-0.3, -0.25) is 0 Å². The molecule has 1 saturated carbocycles. The van der Waals surface area contributed by atoms with Gasteiger partial charge in [0.15, 0.2) is 11.5 Å². The van der Waals surface area contributed by atoms with Crippen LogP contribution in [0.4, 0.5) is 8.78 Å². The summed E-state index contributed by atoms with van der Waals surface area (Å²) in [7, 11) is 0. The van der Waals surface area contributed by atoms with Crippen LogP contribution >= 0.6 is 12.4 Å². The monoisotopic (exact) mass is 374 g/mol. The number of azide groups is 1. The molecule has 1 aliphatic carbocycles. The van der Waals surface area contributed by atoms with Crippen LogP contribution in [0.1, 0.15) is 30.7 Å². The molecule has 0 radical (unpaired) electrons. The Labute approximate surface area is 150 Å². The molecule has 0 aromatic heterocycles. The normalized spacial score (nSPS) is 22.2. The average Bonchev–Trinajstić information content (AvgIpc) is 3.27. The first-order valence-electron chi connectivity index (χ1n) is 8.11. The first kappa shape index (κ1) is 19.6. The molecule has 2 fully saturated rings. The van der Waals surface area contributed by atoms with Gasteiger partial charge in [-0.1, -0.05) is 11.2 Å². The van der Waals surface area contributed by atoms with Crippen molar-refractivity contribution in [1.82, 2.24) is 5.32 Å². The maximum atomic E-state index is 12.6. The van der Waals surface area contributed by atoms with E-state index >= 15 is 0 Å². The van der Waals surface area contributed by atoms with E-state index in [4.69, 9.17) is 10.3 Å². The van der Waals surface area contributed by atoms with Gasteiger partial charge >= 0.3 is 6.61 Å². The zero-order chi connectivity index (χ0) is 16.9. The van der Waals surface area contributed by atoms with E-state index in [1.807, 2.05) is 0 Å². The molecule has 138 valence electrons. The first-order valence-corrected chi connectivity index (χ1v) is 8.11. The number of ether oxygens (including phenoxy) is 2. The molecule has 3 rings (SSSR count). The highest BCUT2D eigenvalue weighted by molar-refractivity contribution is 5.85. The first-order chi connectivity index (χ1) is 11.7. The highest BCUT2D eigenvalue weighted by Crippen LogP contribution is 2.37. The highest BCUT2D eigenvalue weighted by atomic mass is 35.5. The Balaban J connectivity index is 0.00000225. The molecule has 1 aromatic rings. The molecule has 1 heterocycles. The summed E-state index contributed by atoms with van der Waals surface area (Å²) in [6.07, 6.45) is 3.08. The summed E-state index contributed by atoms with van der Waals surface area (Å²) in [5, 5.41) is 6.90. The molecule has 2 aliphatic rings. The quantitative estimate of drug-likeness (QED) is 0.419. The molecule has 0 spiro atoms. The molecule has 1 saturated heterocycles. The highest BCUT2D eigenvalue weighted by Gasteiger charge is 2.27. The van der Waals surface area contributed by atoms with Crippen LogP contribution in [-0.2, 0) is 0 Å². The molecular weight excluding hydrogens is 354 g/mol. The second kappa shape index (κ2) is 9.08. The van der Waals surface area contributed by atoms with Crippen molar-refractivity contribution in [1.29, 1.82) is 0 Å². The predicted molar refractivity (Wildman–Crippen MR) is 91.7 cm³/mol. The minimum atomic E-state index is -2.87. The number of alkyl halides is 2. The molecular formula is C16H21ClF2N4O2. The van der Waals surface area contributed by atoms with E-state index in [0.29, 0.717) is 24.8 Å². The van der Waals surface area contributed by atoms with Crippen LogP contribution in [0.2, 0.25) is 0 Å². The molecule has 2 atom stereocenters. The van der Waals surface area contributed by atoms with Gasteiger partial charge < -0.3 is 14.8 Å². The molecule has 9 heteroatoms. The number of hydrogen-bond donors (Lipinski definition) is 1. The van der Waals surface area contributed by atoms with Gasteiger partial charge in [0, 0.05) is 24.0 Å². The maximum absolute atomic E-state index is 12.6. The molecule has 6 nitrogen and oxygen atoms in total. The maximum Gasteiger partial charge on any atom is 0.387 e. The van der Waals surface area contributed by atoms with Crippen molar-refractivity contribution in [3.8, 4) is 11.5 Å². The van der Waals surface area contributed by atoms with Crippen LogP contribution in [0.15, 0.2) is 23.3 Å². The van der Waals surface area contributed by atoms with Crippen molar-refractivity contribution in [2.75, 3.05) is 19.7 Å². The van der Waals surface area contributed by atoms with Crippen LogP contribution in [0, 0.1) is 5.92 Å². The lowest BCUT2D eigenvalue weighted by molar-refractivity contribution is -0.0515. The third kappa shape index (κ3) is 5.63. The molecule has 1 N–H and O–H groups in total. The molecule has 1 aliphatic heterocycles. The number of halogens is 3. The fourth-order valence-corrected chi connectivity index (χ4v) is 2.92. The van der Waals surface area contributed by atoms with E-state index in [0.717, 1.165) is 31.4 Å². The largest absolute Gasteiger partial charge is 0.489 e. The summed E-state index contributed by atoms with van der Waals surface area (Å²) >= 11 is 0. The predicted octanol–water partition coefficient (Wildman–Crippen LogP) is 4.25. The van der Waals surface area contributed by atoms with E-state index in [1.165, 1.54) is 0 Å². The van der Waals surface area contributed by atoms with Crippen molar-refractivity contribution in [2.45, 2.75) is 37.8 Å². The van der Waals surface area contributed by atoms with Crippen LogP contribution in [0.3, 0.4) is 0 Å². The van der Waals surface area contributed by atoms with Crippen LogP contribution in [0.5, 0.6) is 11.5 Å². The van der Waals surface area contributed by atoms with Gasteiger partial charge in [0.05, 0.1) is 6.61 Å². The van der Waals surface area contributed by atoms with Gasteiger partial charge in [-0.2, -0.15) is 8.78 Å². The molecule has 0 amide bonds. The number of rotatable bonds is 8. The van der Waals surface area contributed by atoms with E-state index in [1.54, 1.807) is 18.2 Å². The van der Waals surface area contributed by atoms with Crippen molar-refractivity contribution in [3.63, 3.8) is 0 Å². The summed E-state index contributed by atoms with van der Waals surface area (Å²) in [6.45, 7) is -1.18.